The minimum atomic E-state index is -0.746. The van der Waals surface area contributed by atoms with Crippen molar-refractivity contribution in [2.24, 2.45) is 5.41 Å². The molecular weight excluding hydrogens is 174 g/mol. The first-order chi connectivity index (χ1) is 6.45. The molecule has 1 N–H and O–H groups in total. The van der Waals surface area contributed by atoms with Crippen molar-refractivity contribution in [3.8, 4) is 0 Å². The number of hydrogen-bond acceptors (Lipinski definition) is 2. The van der Waals surface area contributed by atoms with E-state index in [4.69, 9.17) is 0 Å². The molecule has 0 spiro atoms. The highest BCUT2D eigenvalue weighted by Crippen LogP contribution is 2.47. The Morgan fingerprint density at radius 3 is 2.79 bits per heavy atom. The maximum Gasteiger partial charge on any atom is 0.112 e. The fourth-order valence-electron chi connectivity index (χ4n) is 2.18. The zero-order chi connectivity index (χ0) is 10.4. The van der Waals surface area contributed by atoms with Gasteiger partial charge in [0, 0.05) is 6.20 Å². The third-order valence-corrected chi connectivity index (χ3v) is 3.28. The lowest BCUT2D eigenvalue weighted by Gasteiger charge is -2.36. The molecule has 1 aromatic rings. The molecule has 2 rings (SSSR count). The molecule has 1 heterocycles. The average molecular weight is 191 g/mol. The summed E-state index contributed by atoms with van der Waals surface area (Å²) in [5, 5.41) is 10.6. The van der Waals surface area contributed by atoms with Gasteiger partial charge in [0.1, 0.15) is 5.60 Å². The van der Waals surface area contributed by atoms with Crippen LogP contribution in [0.15, 0.2) is 18.3 Å². The van der Waals surface area contributed by atoms with Gasteiger partial charge in [-0.2, -0.15) is 0 Å². The van der Waals surface area contributed by atoms with Crippen LogP contribution < -0.4 is 0 Å². The second kappa shape index (κ2) is 2.80. The van der Waals surface area contributed by atoms with Crippen molar-refractivity contribution in [3.63, 3.8) is 0 Å². The number of rotatable bonds is 0. The minimum absolute atomic E-state index is 0.146. The summed E-state index contributed by atoms with van der Waals surface area (Å²) in [5.41, 5.74) is 1.19. The molecule has 1 atom stereocenters. The number of aromatic nitrogens is 1. The molecule has 2 nitrogen and oxygen atoms in total. The van der Waals surface area contributed by atoms with Gasteiger partial charge >= 0.3 is 0 Å². The Labute approximate surface area is 85.0 Å². The largest absolute Gasteiger partial charge is 0.383 e. The minimum Gasteiger partial charge on any atom is -0.383 e. The van der Waals surface area contributed by atoms with Gasteiger partial charge in [-0.3, -0.25) is 4.98 Å². The Balaban J connectivity index is 2.53. The molecule has 1 aliphatic carbocycles. The SMILES string of the molecule is CC(C)(C)C1(O)CCc2cccnc21. The van der Waals surface area contributed by atoms with Gasteiger partial charge in [-0.1, -0.05) is 26.8 Å². The van der Waals surface area contributed by atoms with Gasteiger partial charge in [0.15, 0.2) is 0 Å². The van der Waals surface area contributed by atoms with Crippen LogP contribution in [0, 0.1) is 5.41 Å². The molecule has 0 radical (unpaired) electrons. The summed E-state index contributed by atoms with van der Waals surface area (Å²) in [6.07, 6.45) is 3.50. The van der Waals surface area contributed by atoms with E-state index in [9.17, 15) is 5.11 Å². The van der Waals surface area contributed by atoms with Crippen molar-refractivity contribution < 1.29 is 5.11 Å². The monoisotopic (exact) mass is 191 g/mol. The van der Waals surface area contributed by atoms with Crippen LogP contribution in [0.4, 0.5) is 0 Å². The average Bonchev–Trinajstić information content (AvgIpc) is 2.45. The molecule has 1 aromatic heterocycles. The smallest absolute Gasteiger partial charge is 0.112 e. The fraction of sp³-hybridized carbons (Fsp3) is 0.583. The summed E-state index contributed by atoms with van der Waals surface area (Å²) in [4.78, 5) is 4.33. The number of aryl methyl sites for hydroxylation is 1. The highest BCUT2D eigenvalue weighted by atomic mass is 16.3. The Hall–Kier alpha value is -0.890. The molecule has 0 saturated heterocycles. The highest BCUT2D eigenvalue weighted by Gasteiger charge is 2.47. The zero-order valence-corrected chi connectivity index (χ0v) is 9.04. The summed E-state index contributed by atoms with van der Waals surface area (Å²) in [6, 6.07) is 4.00. The predicted octanol–water partition coefficient (Wildman–Crippen LogP) is 2.26. The van der Waals surface area contributed by atoms with E-state index in [1.54, 1.807) is 6.20 Å². The van der Waals surface area contributed by atoms with E-state index in [0.29, 0.717) is 0 Å². The van der Waals surface area contributed by atoms with Crippen LogP contribution in [0.3, 0.4) is 0 Å². The summed E-state index contributed by atoms with van der Waals surface area (Å²) in [6.45, 7) is 6.20. The van der Waals surface area contributed by atoms with E-state index < -0.39 is 5.60 Å². The quantitative estimate of drug-likeness (QED) is 0.682. The van der Waals surface area contributed by atoms with Gasteiger partial charge in [0.2, 0.25) is 0 Å². The van der Waals surface area contributed by atoms with Gasteiger partial charge in [-0.15, -0.1) is 0 Å². The van der Waals surface area contributed by atoms with Crippen molar-refractivity contribution in [1.29, 1.82) is 0 Å². The van der Waals surface area contributed by atoms with Crippen LogP contribution in [0.2, 0.25) is 0 Å². The van der Waals surface area contributed by atoms with Gasteiger partial charge in [0.05, 0.1) is 5.69 Å². The predicted molar refractivity (Wildman–Crippen MR) is 55.9 cm³/mol. The van der Waals surface area contributed by atoms with Crippen molar-refractivity contribution in [2.45, 2.75) is 39.2 Å². The molecule has 0 saturated carbocycles. The van der Waals surface area contributed by atoms with E-state index in [1.165, 1.54) is 5.56 Å². The maximum absolute atomic E-state index is 10.6. The summed E-state index contributed by atoms with van der Waals surface area (Å²) >= 11 is 0. The Bertz CT molecular complexity index is 354. The van der Waals surface area contributed by atoms with Gasteiger partial charge < -0.3 is 5.11 Å². The van der Waals surface area contributed by atoms with E-state index in [-0.39, 0.29) is 5.41 Å². The molecule has 1 unspecified atom stereocenters. The fourth-order valence-corrected chi connectivity index (χ4v) is 2.18. The van der Waals surface area contributed by atoms with Crippen LogP contribution in [0.1, 0.15) is 38.4 Å². The van der Waals surface area contributed by atoms with Crippen LogP contribution in [0.5, 0.6) is 0 Å². The third-order valence-electron chi connectivity index (χ3n) is 3.28. The second-order valence-corrected chi connectivity index (χ2v) is 5.12. The first kappa shape index (κ1) is 9.66. The summed E-state index contributed by atoms with van der Waals surface area (Å²) in [7, 11) is 0. The Kier molecular flexibility index (Phi) is 1.93. The number of pyridine rings is 1. The van der Waals surface area contributed by atoms with Crippen LogP contribution in [0.25, 0.3) is 0 Å². The van der Waals surface area contributed by atoms with E-state index in [0.717, 1.165) is 18.5 Å². The summed E-state index contributed by atoms with van der Waals surface area (Å²) < 4.78 is 0. The third kappa shape index (κ3) is 1.17. The Morgan fingerprint density at radius 1 is 1.43 bits per heavy atom. The van der Waals surface area contributed by atoms with Crippen LogP contribution >= 0.6 is 0 Å². The first-order valence-corrected chi connectivity index (χ1v) is 5.12. The molecule has 0 fully saturated rings. The second-order valence-electron chi connectivity index (χ2n) is 5.12. The highest BCUT2D eigenvalue weighted by molar-refractivity contribution is 5.32. The molecule has 76 valence electrons. The Morgan fingerprint density at radius 2 is 2.14 bits per heavy atom. The number of nitrogens with zero attached hydrogens (tertiary/aromatic N) is 1. The van der Waals surface area contributed by atoms with E-state index >= 15 is 0 Å². The number of fused-ring (bicyclic) bond motifs is 1. The van der Waals surface area contributed by atoms with Gasteiger partial charge in [0.25, 0.3) is 0 Å². The number of hydrogen-bond donors (Lipinski definition) is 1. The van der Waals surface area contributed by atoms with E-state index in [1.807, 2.05) is 6.07 Å². The van der Waals surface area contributed by atoms with Gasteiger partial charge in [-0.05, 0) is 29.9 Å². The lowest BCUT2D eigenvalue weighted by atomic mass is 9.75. The number of aliphatic hydroxyl groups is 1. The lowest BCUT2D eigenvalue weighted by Crippen LogP contribution is -2.38. The van der Waals surface area contributed by atoms with Crippen molar-refractivity contribution in [1.82, 2.24) is 4.98 Å². The van der Waals surface area contributed by atoms with Crippen molar-refractivity contribution in [2.75, 3.05) is 0 Å². The molecule has 0 bridgehead atoms. The maximum atomic E-state index is 10.6. The molecule has 0 aromatic carbocycles. The molecule has 0 aliphatic heterocycles. The normalized spacial score (nSPS) is 26.3. The zero-order valence-electron chi connectivity index (χ0n) is 9.04. The van der Waals surface area contributed by atoms with Crippen LogP contribution in [-0.4, -0.2) is 10.1 Å². The first-order valence-electron chi connectivity index (χ1n) is 5.12. The van der Waals surface area contributed by atoms with Crippen molar-refractivity contribution in [3.05, 3.63) is 29.6 Å². The van der Waals surface area contributed by atoms with E-state index in [2.05, 4.69) is 31.8 Å². The summed E-state index contributed by atoms with van der Waals surface area (Å²) in [5.74, 6) is 0. The molecule has 14 heavy (non-hydrogen) atoms. The molecule has 0 amide bonds. The molecular formula is C12H17NO. The van der Waals surface area contributed by atoms with Crippen molar-refractivity contribution >= 4 is 0 Å². The topological polar surface area (TPSA) is 33.1 Å². The molecule has 2 heteroatoms. The van der Waals surface area contributed by atoms with Gasteiger partial charge in [-0.25, -0.2) is 0 Å². The molecule has 1 aliphatic rings. The standard InChI is InChI=1S/C12H17NO/c1-11(2,3)12(14)7-6-9-5-4-8-13-10(9)12/h4-5,8,14H,6-7H2,1-3H3. The van der Waals surface area contributed by atoms with Crippen LogP contribution in [-0.2, 0) is 12.0 Å². The lowest BCUT2D eigenvalue weighted by molar-refractivity contribution is -0.0655.